The maximum Gasteiger partial charge on any atom is 0.0443 e. The molecule has 3 nitrogen and oxygen atoms in total. The van der Waals surface area contributed by atoms with Crippen LogP contribution in [0, 0.1) is 5.92 Å². The molecule has 0 atom stereocenters. The number of aliphatic hydroxyl groups excluding tert-OH is 1. The van der Waals surface area contributed by atoms with Crippen LogP contribution >= 0.6 is 0 Å². The molecular formula is C7H16N2O. The molecule has 1 saturated heterocycles. The smallest absolute Gasteiger partial charge is 0.0443 e. The van der Waals surface area contributed by atoms with E-state index in [-0.39, 0.29) is 0 Å². The zero-order chi connectivity index (χ0) is 7.40. The topological polar surface area (TPSA) is 49.5 Å². The molecule has 60 valence electrons. The lowest BCUT2D eigenvalue weighted by atomic mass is 10.0. The van der Waals surface area contributed by atoms with Crippen molar-refractivity contribution in [3.05, 3.63) is 0 Å². The first-order chi connectivity index (χ1) is 4.86. The van der Waals surface area contributed by atoms with E-state index in [1.165, 1.54) is 0 Å². The molecule has 0 amide bonds. The molecule has 0 unspecified atom stereocenters. The summed E-state index contributed by atoms with van der Waals surface area (Å²) in [4.78, 5) is 2.33. The minimum Gasteiger partial charge on any atom is -0.396 e. The van der Waals surface area contributed by atoms with Gasteiger partial charge >= 0.3 is 0 Å². The van der Waals surface area contributed by atoms with E-state index in [2.05, 4.69) is 4.90 Å². The monoisotopic (exact) mass is 144 g/mol. The zero-order valence-corrected chi connectivity index (χ0v) is 6.29. The summed E-state index contributed by atoms with van der Waals surface area (Å²) in [5.41, 5.74) is 5.45. The number of hydrogen-bond donors (Lipinski definition) is 2. The Balaban J connectivity index is 1.93. The van der Waals surface area contributed by atoms with Crippen LogP contribution < -0.4 is 5.73 Å². The van der Waals surface area contributed by atoms with Crippen LogP contribution in [0.1, 0.15) is 6.42 Å². The van der Waals surface area contributed by atoms with Crippen molar-refractivity contribution in [3.8, 4) is 0 Å². The molecule has 0 aromatic heterocycles. The summed E-state index contributed by atoms with van der Waals surface area (Å²) < 4.78 is 0. The van der Waals surface area contributed by atoms with E-state index >= 15 is 0 Å². The van der Waals surface area contributed by atoms with Crippen LogP contribution in [0.25, 0.3) is 0 Å². The minimum absolute atomic E-state index is 0.309. The molecule has 1 aliphatic rings. The maximum atomic E-state index is 8.51. The van der Waals surface area contributed by atoms with E-state index < -0.39 is 0 Å². The average Bonchev–Trinajstić information content (AvgIpc) is 1.86. The number of rotatable bonds is 4. The molecule has 0 aromatic rings. The van der Waals surface area contributed by atoms with Gasteiger partial charge in [-0.15, -0.1) is 0 Å². The molecule has 3 N–H and O–H groups in total. The summed E-state index contributed by atoms with van der Waals surface area (Å²) >= 11 is 0. The normalized spacial score (nSPS) is 21.0. The fourth-order valence-electron chi connectivity index (χ4n) is 1.30. The van der Waals surface area contributed by atoms with Gasteiger partial charge in [0.1, 0.15) is 0 Å². The molecular weight excluding hydrogens is 128 g/mol. The molecule has 0 saturated carbocycles. The molecule has 1 fully saturated rings. The molecule has 1 aliphatic heterocycles. The van der Waals surface area contributed by atoms with Gasteiger partial charge in [-0.2, -0.15) is 0 Å². The Bertz CT molecular complexity index is 88.9. The lowest BCUT2D eigenvalue weighted by Gasteiger charge is -2.38. The van der Waals surface area contributed by atoms with Crippen molar-refractivity contribution in [2.45, 2.75) is 6.42 Å². The van der Waals surface area contributed by atoms with Gasteiger partial charge in [0.05, 0.1) is 0 Å². The number of nitrogens with zero attached hydrogens (tertiary/aromatic N) is 1. The van der Waals surface area contributed by atoms with Gasteiger partial charge in [-0.05, 0) is 18.9 Å². The molecule has 1 rings (SSSR count). The van der Waals surface area contributed by atoms with Crippen LogP contribution in [0.15, 0.2) is 0 Å². The van der Waals surface area contributed by atoms with Crippen molar-refractivity contribution in [2.24, 2.45) is 11.7 Å². The molecule has 0 spiro atoms. The number of nitrogens with two attached hydrogens (primary N) is 1. The lowest BCUT2D eigenvalue weighted by Crippen LogP contribution is -2.50. The van der Waals surface area contributed by atoms with Gasteiger partial charge in [0.2, 0.25) is 0 Å². The summed E-state index contributed by atoms with van der Waals surface area (Å²) in [5.74, 6) is 0.721. The standard InChI is InChI=1S/C7H16N2O/c8-4-7-5-9(6-7)2-1-3-10/h7,10H,1-6,8H2. The first-order valence-electron chi connectivity index (χ1n) is 3.90. The Hall–Kier alpha value is -0.120. The summed E-state index contributed by atoms with van der Waals surface area (Å²) in [6, 6.07) is 0. The highest BCUT2D eigenvalue weighted by Gasteiger charge is 2.23. The van der Waals surface area contributed by atoms with Crippen LogP contribution in [0.5, 0.6) is 0 Å². The Labute approximate surface area is 61.8 Å². The van der Waals surface area contributed by atoms with E-state index in [1.807, 2.05) is 0 Å². The second kappa shape index (κ2) is 3.91. The number of hydrogen-bond acceptors (Lipinski definition) is 3. The molecule has 3 heteroatoms. The third kappa shape index (κ3) is 1.94. The Morgan fingerprint density at radius 3 is 2.70 bits per heavy atom. The van der Waals surface area contributed by atoms with Gasteiger partial charge < -0.3 is 15.7 Å². The van der Waals surface area contributed by atoms with E-state index in [9.17, 15) is 0 Å². The van der Waals surface area contributed by atoms with E-state index in [4.69, 9.17) is 10.8 Å². The summed E-state index contributed by atoms with van der Waals surface area (Å²) in [6.45, 7) is 4.43. The highest BCUT2D eigenvalue weighted by atomic mass is 16.3. The average molecular weight is 144 g/mol. The quantitative estimate of drug-likeness (QED) is 0.546. The number of likely N-dealkylation sites (tertiary alicyclic amines) is 1. The molecule has 0 radical (unpaired) electrons. The van der Waals surface area contributed by atoms with Crippen LogP contribution in [0.2, 0.25) is 0 Å². The van der Waals surface area contributed by atoms with E-state index in [0.29, 0.717) is 6.61 Å². The highest BCUT2D eigenvalue weighted by Crippen LogP contribution is 2.13. The molecule has 0 aliphatic carbocycles. The fraction of sp³-hybridized carbons (Fsp3) is 1.00. The van der Waals surface area contributed by atoms with Crippen LogP contribution in [0.3, 0.4) is 0 Å². The first-order valence-corrected chi connectivity index (χ1v) is 3.90. The van der Waals surface area contributed by atoms with Crippen molar-refractivity contribution in [1.29, 1.82) is 0 Å². The second-order valence-electron chi connectivity index (χ2n) is 2.94. The third-order valence-electron chi connectivity index (χ3n) is 2.00. The maximum absolute atomic E-state index is 8.51. The predicted molar refractivity (Wildman–Crippen MR) is 40.7 cm³/mol. The minimum atomic E-state index is 0.309. The van der Waals surface area contributed by atoms with Gasteiger partial charge in [0, 0.05) is 26.2 Å². The Morgan fingerprint density at radius 2 is 2.20 bits per heavy atom. The lowest BCUT2D eigenvalue weighted by molar-refractivity contribution is 0.0968. The zero-order valence-electron chi connectivity index (χ0n) is 6.29. The van der Waals surface area contributed by atoms with Crippen molar-refractivity contribution < 1.29 is 5.11 Å². The van der Waals surface area contributed by atoms with Crippen molar-refractivity contribution in [3.63, 3.8) is 0 Å². The summed E-state index contributed by atoms with van der Waals surface area (Å²) in [7, 11) is 0. The summed E-state index contributed by atoms with van der Waals surface area (Å²) in [5, 5.41) is 8.51. The fourth-order valence-corrected chi connectivity index (χ4v) is 1.30. The molecule has 10 heavy (non-hydrogen) atoms. The third-order valence-corrected chi connectivity index (χ3v) is 2.00. The highest BCUT2D eigenvalue weighted by molar-refractivity contribution is 4.79. The van der Waals surface area contributed by atoms with Gasteiger partial charge in [0.15, 0.2) is 0 Å². The van der Waals surface area contributed by atoms with E-state index in [0.717, 1.165) is 38.5 Å². The second-order valence-corrected chi connectivity index (χ2v) is 2.94. The van der Waals surface area contributed by atoms with Crippen LogP contribution in [-0.4, -0.2) is 42.8 Å². The van der Waals surface area contributed by atoms with Gasteiger partial charge in [-0.3, -0.25) is 0 Å². The largest absolute Gasteiger partial charge is 0.396 e. The van der Waals surface area contributed by atoms with Gasteiger partial charge in [0.25, 0.3) is 0 Å². The van der Waals surface area contributed by atoms with Crippen LogP contribution in [0.4, 0.5) is 0 Å². The Kier molecular flexibility index (Phi) is 3.12. The van der Waals surface area contributed by atoms with Crippen LogP contribution in [-0.2, 0) is 0 Å². The van der Waals surface area contributed by atoms with E-state index in [1.54, 1.807) is 0 Å². The predicted octanol–water partition coefficient (Wildman–Crippen LogP) is -0.741. The number of aliphatic hydroxyl groups is 1. The van der Waals surface area contributed by atoms with Gasteiger partial charge in [-0.25, -0.2) is 0 Å². The van der Waals surface area contributed by atoms with Crippen molar-refractivity contribution in [2.75, 3.05) is 32.8 Å². The van der Waals surface area contributed by atoms with Crippen molar-refractivity contribution >= 4 is 0 Å². The van der Waals surface area contributed by atoms with Gasteiger partial charge in [-0.1, -0.05) is 0 Å². The summed E-state index contributed by atoms with van der Waals surface area (Å²) in [6.07, 6.45) is 0.900. The molecule has 0 bridgehead atoms. The molecule has 1 heterocycles. The SMILES string of the molecule is NCC1CN(CCCO)C1. The first kappa shape index (κ1) is 7.98. The Morgan fingerprint density at radius 1 is 1.50 bits per heavy atom. The van der Waals surface area contributed by atoms with Crippen molar-refractivity contribution in [1.82, 2.24) is 4.90 Å². The molecule has 0 aromatic carbocycles.